The minimum Gasteiger partial charge on any atom is -0.423 e. The molecule has 0 fully saturated rings. The van der Waals surface area contributed by atoms with Gasteiger partial charge < -0.3 is 15.1 Å². The van der Waals surface area contributed by atoms with Crippen LogP contribution in [0.4, 0.5) is 6.01 Å². The number of nitrogens with two attached hydrogens (primary N) is 1. The molecule has 0 amide bonds. The zero-order chi connectivity index (χ0) is 11.1. The van der Waals surface area contributed by atoms with Crippen LogP contribution in [0.15, 0.2) is 28.9 Å². The van der Waals surface area contributed by atoms with E-state index < -0.39 is 0 Å². The van der Waals surface area contributed by atoms with Crippen LogP contribution in [0.5, 0.6) is 0 Å². The Labute approximate surface area is 91.3 Å². The van der Waals surface area contributed by atoms with E-state index in [9.17, 15) is 0 Å². The highest BCUT2D eigenvalue weighted by molar-refractivity contribution is 5.80. The molecular formula is C11H10N4O. The summed E-state index contributed by atoms with van der Waals surface area (Å²) in [7, 11) is 0. The van der Waals surface area contributed by atoms with Crippen LogP contribution >= 0.6 is 0 Å². The second-order valence-corrected chi connectivity index (χ2v) is 3.60. The Morgan fingerprint density at radius 3 is 3.00 bits per heavy atom. The van der Waals surface area contributed by atoms with Crippen molar-refractivity contribution < 1.29 is 4.42 Å². The molecule has 0 unspecified atom stereocenters. The van der Waals surface area contributed by atoms with Gasteiger partial charge in [-0.25, -0.2) is 4.98 Å². The van der Waals surface area contributed by atoms with E-state index in [1.807, 2.05) is 25.1 Å². The van der Waals surface area contributed by atoms with Crippen molar-refractivity contribution in [2.24, 2.45) is 0 Å². The van der Waals surface area contributed by atoms with Gasteiger partial charge >= 0.3 is 0 Å². The molecule has 2 heterocycles. The number of H-pyrrole nitrogens is 1. The van der Waals surface area contributed by atoms with E-state index >= 15 is 0 Å². The minimum atomic E-state index is 0.192. The van der Waals surface area contributed by atoms with Crippen molar-refractivity contribution in [3.8, 4) is 11.3 Å². The van der Waals surface area contributed by atoms with Gasteiger partial charge in [-0.3, -0.25) is 0 Å². The van der Waals surface area contributed by atoms with E-state index in [0.717, 1.165) is 22.3 Å². The van der Waals surface area contributed by atoms with Crippen LogP contribution in [0, 0.1) is 6.92 Å². The summed E-state index contributed by atoms with van der Waals surface area (Å²) in [5, 5.41) is 0. The fourth-order valence-electron chi connectivity index (χ4n) is 1.76. The van der Waals surface area contributed by atoms with Crippen LogP contribution in [-0.4, -0.2) is 15.0 Å². The summed E-state index contributed by atoms with van der Waals surface area (Å²) < 4.78 is 5.36. The Morgan fingerprint density at radius 2 is 2.25 bits per heavy atom. The molecule has 0 aliphatic rings. The lowest BCUT2D eigenvalue weighted by Gasteiger charge is -1.97. The number of aromatic nitrogens is 3. The van der Waals surface area contributed by atoms with Crippen molar-refractivity contribution in [2.45, 2.75) is 6.92 Å². The molecule has 5 heteroatoms. The van der Waals surface area contributed by atoms with Crippen molar-refractivity contribution in [2.75, 3.05) is 5.73 Å². The Kier molecular flexibility index (Phi) is 1.73. The van der Waals surface area contributed by atoms with Gasteiger partial charge in [-0.05, 0) is 25.1 Å². The number of nitrogens with one attached hydrogen (secondary N) is 1. The first-order valence-corrected chi connectivity index (χ1v) is 4.90. The van der Waals surface area contributed by atoms with Crippen molar-refractivity contribution >= 4 is 17.0 Å². The first kappa shape index (κ1) is 8.96. The number of hydrogen-bond donors (Lipinski definition) is 2. The molecule has 0 aliphatic carbocycles. The number of nitrogens with zero attached hydrogens (tertiary/aromatic N) is 2. The number of hydrogen-bond acceptors (Lipinski definition) is 4. The summed E-state index contributed by atoms with van der Waals surface area (Å²) in [6.45, 7) is 1.87. The normalized spacial score (nSPS) is 11.1. The molecule has 80 valence electrons. The maximum atomic E-state index is 5.51. The Morgan fingerprint density at radius 1 is 1.38 bits per heavy atom. The summed E-state index contributed by atoms with van der Waals surface area (Å²) in [5.41, 5.74) is 9.13. The average molecular weight is 214 g/mol. The predicted octanol–water partition coefficient (Wildman–Crippen LogP) is 2.11. The number of rotatable bonds is 1. The lowest BCUT2D eigenvalue weighted by molar-refractivity contribution is 0.594. The summed E-state index contributed by atoms with van der Waals surface area (Å²) in [6.07, 6.45) is 1.66. The number of anilines is 1. The van der Waals surface area contributed by atoms with Crippen molar-refractivity contribution in [3.05, 3.63) is 30.2 Å². The molecule has 3 N–H and O–H groups in total. The first-order valence-electron chi connectivity index (χ1n) is 4.90. The lowest BCUT2D eigenvalue weighted by Crippen LogP contribution is -1.81. The monoisotopic (exact) mass is 214 g/mol. The summed E-state index contributed by atoms with van der Waals surface area (Å²) in [4.78, 5) is 11.2. The van der Waals surface area contributed by atoms with E-state index in [0.29, 0.717) is 5.76 Å². The highest BCUT2D eigenvalue weighted by atomic mass is 16.4. The van der Waals surface area contributed by atoms with E-state index in [2.05, 4.69) is 15.0 Å². The van der Waals surface area contributed by atoms with E-state index in [-0.39, 0.29) is 6.01 Å². The molecule has 0 saturated carbocycles. The van der Waals surface area contributed by atoms with Crippen LogP contribution in [0.1, 0.15) is 5.69 Å². The third-order valence-corrected chi connectivity index (χ3v) is 2.50. The highest BCUT2D eigenvalue weighted by Crippen LogP contribution is 2.27. The molecule has 0 saturated heterocycles. The summed E-state index contributed by atoms with van der Waals surface area (Å²) in [5.74, 6) is 0.703. The summed E-state index contributed by atoms with van der Waals surface area (Å²) >= 11 is 0. The molecule has 16 heavy (non-hydrogen) atoms. The minimum absolute atomic E-state index is 0.192. The first-order chi connectivity index (χ1) is 7.74. The van der Waals surface area contributed by atoms with Crippen molar-refractivity contribution in [3.63, 3.8) is 0 Å². The molecule has 5 nitrogen and oxygen atoms in total. The Bertz CT molecular complexity index is 653. The topological polar surface area (TPSA) is 80.7 Å². The molecule has 0 bridgehead atoms. The van der Waals surface area contributed by atoms with E-state index in [1.165, 1.54) is 0 Å². The zero-order valence-electron chi connectivity index (χ0n) is 8.69. The predicted molar refractivity (Wildman–Crippen MR) is 60.7 cm³/mol. The zero-order valence-corrected chi connectivity index (χ0v) is 8.69. The van der Waals surface area contributed by atoms with Gasteiger partial charge in [0, 0.05) is 5.56 Å². The fraction of sp³-hybridized carbons (Fsp3) is 0.0909. The molecule has 0 aliphatic heterocycles. The van der Waals surface area contributed by atoms with Crippen molar-refractivity contribution in [1.29, 1.82) is 0 Å². The number of aromatic amines is 1. The van der Waals surface area contributed by atoms with Crippen LogP contribution in [-0.2, 0) is 0 Å². The number of benzene rings is 1. The van der Waals surface area contributed by atoms with Crippen molar-refractivity contribution in [1.82, 2.24) is 15.0 Å². The maximum absolute atomic E-state index is 5.51. The van der Waals surface area contributed by atoms with Crippen LogP contribution in [0.25, 0.3) is 22.4 Å². The second-order valence-electron chi connectivity index (χ2n) is 3.60. The van der Waals surface area contributed by atoms with Gasteiger partial charge in [0.2, 0.25) is 0 Å². The van der Waals surface area contributed by atoms with Gasteiger partial charge in [-0.1, -0.05) is 0 Å². The fourth-order valence-corrected chi connectivity index (χ4v) is 1.76. The van der Waals surface area contributed by atoms with Gasteiger partial charge in [0.1, 0.15) is 0 Å². The number of fused-ring (bicyclic) bond motifs is 1. The number of oxazole rings is 1. The molecule has 0 radical (unpaired) electrons. The van der Waals surface area contributed by atoms with Gasteiger partial charge in [-0.2, -0.15) is 4.98 Å². The third kappa shape index (κ3) is 1.25. The molecule has 2 aromatic heterocycles. The summed E-state index contributed by atoms with van der Waals surface area (Å²) in [6, 6.07) is 6.03. The van der Waals surface area contributed by atoms with Gasteiger partial charge in [0.05, 0.1) is 23.1 Å². The number of imidazole rings is 1. The van der Waals surface area contributed by atoms with Gasteiger partial charge in [0.15, 0.2) is 5.76 Å². The SMILES string of the molecule is Cc1nc(N)oc1-c1ccc2nc[nH]c2c1. The van der Waals surface area contributed by atoms with E-state index in [1.54, 1.807) is 6.33 Å². The average Bonchev–Trinajstić information content (AvgIpc) is 2.83. The second kappa shape index (κ2) is 3.10. The largest absolute Gasteiger partial charge is 0.423 e. The van der Waals surface area contributed by atoms with Gasteiger partial charge in [0.25, 0.3) is 6.01 Å². The van der Waals surface area contributed by atoms with Crippen LogP contribution in [0.2, 0.25) is 0 Å². The smallest absolute Gasteiger partial charge is 0.292 e. The molecule has 1 aromatic carbocycles. The molecular weight excluding hydrogens is 204 g/mol. The third-order valence-electron chi connectivity index (χ3n) is 2.50. The standard InChI is InChI=1S/C11H10N4O/c1-6-10(16-11(12)15-6)7-2-3-8-9(4-7)14-5-13-8/h2-5H,1H3,(H2,12,15)(H,13,14). The van der Waals surface area contributed by atoms with Crippen LogP contribution < -0.4 is 5.73 Å². The van der Waals surface area contributed by atoms with Crippen LogP contribution in [0.3, 0.4) is 0 Å². The molecule has 3 aromatic rings. The number of nitrogen functional groups attached to an aromatic ring is 1. The van der Waals surface area contributed by atoms with E-state index in [4.69, 9.17) is 10.2 Å². The Hall–Kier alpha value is -2.30. The lowest BCUT2D eigenvalue weighted by atomic mass is 10.1. The quantitative estimate of drug-likeness (QED) is 0.650. The maximum Gasteiger partial charge on any atom is 0.292 e. The highest BCUT2D eigenvalue weighted by Gasteiger charge is 2.10. The molecule has 0 spiro atoms. The molecule has 0 atom stereocenters. The van der Waals surface area contributed by atoms with Gasteiger partial charge in [-0.15, -0.1) is 0 Å². The Balaban J connectivity index is 2.21. The molecule has 3 rings (SSSR count). The number of aryl methyl sites for hydroxylation is 1.